The summed E-state index contributed by atoms with van der Waals surface area (Å²) in [7, 11) is 1.55. The molecular weight excluding hydrogens is 542 g/mol. The maximum absolute atomic E-state index is 14.4. The highest BCUT2D eigenvalue weighted by Crippen LogP contribution is 2.59. The fourth-order valence-electron chi connectivity index (χ4n) is 6.46. The van der Waals surface area contributed by atoms with Gasteiger partial charge in [-0.25, -0.2) is 0 Å². The van der Waals surface area contributed by atoms with Gasteiger partial charge in [0.2, 0.25) is 11.8 Å². The van der Waals surface area contributed by atoms with Gasteiger partial charge in [-0.15, -0.1) is 13.2 Å². The zero-order chi connectivity index (χ0) is 30.6. The number of anilines is 1. The number of ether oxygens (including phenoxy) is 3. The molecule has 42 heavy (non-hydrogen) atoms. The van der Waals surface area contributed by atoms with Crippen LogP contribution in [0.4, 0.5) is 5.69 Å². The molecule has 3 amide bonds. The van der Waals surface area contributed by atoms with E-state index in [2.05, 4.69) is 18.5 Å². The normalized spacial score (nSPS) is 27.1. The number of aliphatic hydroxyl groups is 1. The number of carbonyl (C=O) groups excluding carboxylic acids is 4. The van der Waals surface area contributed by atoms with E-state index in [-0.39, 0.29) is 37.9 Å². The number of rotatable bonds is 14. The van der Waals surface area contributed by atoms with Gasteiger partial charge in [0.1, 0.15) is 23.5 Å². The topological polar surface area (TPSA) is 135 Å². The Bertz CT molecular complexity index is 1200. The third-order valence-corrected chi connectivity index (χ3v) is 8.42. The summed E-state index contributed by atoms with van der Waals surface area (Å²) in [6, 6.07) is 5.20. The van der Waals surface area contributed by atoms with Crippen LogP contribution in [0.5, 0.6) is 5.75 Å². The fraction of sp³-hybridized carbons (Fsp3) is 0.548. The highest BCUT2D eigenvalue weighted by molar-refractivity contribution is 6.04. The van der Waals surface area contributed by atoms with Crippen LogP contribution >= 0.6 is 0 Å². The number of hydrogen-bond acceptors (Lipinski definition) is 8. The van der Waals surface area contributed by atoms with Gasteiger partial charge in [0.15, 0.2) is 0 Å². The number of likely N-dealkylation sites (tertiary alicyclic amines) is 1. The second-order valence-corrected chi connectivity index (χ2v) is 11.1. The Labute approximate surface area is 246 Å². The molecule has 1 aromatic rings. The molecule has 228 valence electrons. The molecular formula is C31H41N3O8. The third-order valence-electron chi connectivity index (χ3n) is 8.42. The number of esters is 1. The Hall–Kier alpha value is -3.70. The number of carbonyl (C=O) groups is 4. The molecule has 0 unspecified atom stereocenters. The SMILES string of the molecule is C=CCCC(=O)NC[C@H](C)OC(=O)[C@@H]1[C@H]2C(=O)N([C@H](C)CO)[C@H](C(=O)N(CC=C)c3ccc(OC)cc3)[C@]23CC[C@H]1O3. The fourth-order valence-corrected chi connectivity index (χ4v) is 6.46. The molecule has 1 spiro atoms. The second-order valence-electron chi connectivity index (χ2n) is 11.1. The van der Waals surface area contributed by atoms with Crippen molar-refractivity contribution in [3.05, 3.63) is 49.6 Å². The van der Waals surface area contributed by atoms with E-state index in [4.69, 9.17) is 14.2 Å². The molecule has 3 saturated heterocycles. The predicted octanol–water partition coefficient (Wildman–Crippen LogP) is 1.98. The Morgan fingerprint density at radius 3 is 2.57 bits per heavy atom. The van der Waals surface area contributed by atoms with Crippen molar-refractivity contribution in [3.63, 3.8) is 0 Å². The summed E-state index contributed by atoms with van der Waals surface area (Å²) in [5, 5.41) is 12.8. The minimum Gasteiger partial charge on any atom is -0.497 e. The quantitative estimate of drug-likeness (QED) is 0.251. The summed E-state index contributed by atoms with van der Waals surface area (Å²) in [5.41, 5.74) is -0.669. The molecule has 0 saturated carbocycles. The van der Waals surface area contributed by atoms with Crippen LogP contribution in [-0.2, 0) is 28.7 Å². The average Bonchev–Trinajstić information content (AvgIpc) is 3.64. The molecule has 2 bridgehead atoms. The van der Waals surface area contributed by atoms with Crippen LogP contribution in [-0.4, -0.2) is 90.4 Å². The van der Waals surface area contributed by atoms with Gasteiger partial charge >= 0.3 is 5.97 Å². The second kappa shape index (κ2) is 13.1. The minimum atomic E-state index is -1.25. The molecule has 4 rings (SSSR count). The lowest BCUT2D eigenvalue weighted by Crippen LogP contribution is -2.58. The van der Waals surface area contributed by atoms with Gasteiger partial charge in [-0.1, -0.05) is 12.2 Å². The lowest BCUT2D eigenvalue weighted by atomic mass is 9.70. The van der Waals surface area contributed by atoms with Crippen molar-refractivity contribution in [1.29, 1.82) is 0 Å². The van der Waals surface area contributed by atoms with E-state index in [9.17, 15) is 24.3 Å². The van der Waals surface area contributed by atoms with E-state index in [0.29, 0.717) is 30.7 Å². The van der Waals surface area contributed by atoms with Crippen molar-refractivity contribution < 1.29 is 38.5 Å². The molecule has 11 heteroatoms. The molecule has 3 heterocycles. The molecule has 0 aromatic heterocycles. The first-order valence-corrected chi connectivity index (χ1v) is 14.4. The van der Waals surface area contributed by atoms with Gasteiger partial charge in [0.25, 0.3) is 5.91 Å². The highest BCUT2D eigenvalue weighted by atomic mass is 16.6. The van der Waals surface area contributed by atoms with Crippen molar-refractivity contribution in [2.45, 2.75) is 69.4 Å². The minimum absolute atomic E-state index is 0.122. The van der Waals surface area contributed by atoms with E-state index >= 15 is 0 Å². The van der Waals surface area contributed by atoms with Crippen molar-refractivity contribution >= 4 is 29.4 Å². The first-order valence-electron chi connectivity index (χ1n) is 14.4. The van der Waals surface area contributed by atoms with Crippen LogP contribution in [0.1, 0.15) is 39.5 Å². The summed E-state index contributed by atoms with van der Waals surface area (Å²) in [6.45, 7) is 10.7. The van der Waals surface area contributed by atoms with Gasteiger partial charge in [-0.2, -0.15) is 0 Å². The van der Waals surface area contributed by atoms with Crippen LogP contribution in [0, 0.1) is 11.8 Å². The summed E-state index contributed by atoms with van der Waals surface area (Å²) < 4.78 is 17.4. The predicted molar refractivity (Wildman–Crippen MR) is 155 cm³/mol. The molecule has 3 aliphatic rings. The number of methoxy groups -OCH3 is 1. The Morgan fingerprint density at radius 2 is 1.95 bits per heavy atom. The van der Waals surface area contributed by atoms with Gasteiger partial charge in [-0.05, 0) is 57.4 Å². The summed E-state index contributed by atoms with van der Waals surface area (Å²) >= 11 is 0. The number of aliphatic hydroxyl groups excluding tert-OH is 1. The van der Waals surface area contributed by atoms with Crippen LogP contribution in [0.25, 0.3) is 0 Å². The summed E-state index contributed by atoms with van der Waals surface area (Å²) in [4.78, 5) is 56.9. The van der Waals surface area contributed by atoms with Gasteiger partial charge in [0.05, 0.1) is 44.2 Å². The van der Waals surface area contributed by atoms with Crippen molar-refractivity contribution in [1.82, 2.24) is 10.2 Å². The lowest BCUT2D eigenvalue weighted by Gasteiger charge is -2.38. The zero-order valence-corrected chi connectivity index (χ0v) is 24.5. The van der Waals surface area contributed by atoms with E-state index in [1.165, 1.54) is 9.80 Å². The van der Waals surface area contributed by atoms with Gasteiger partial charge < -0.3 is 34.4 Å². The largest absolute Gasteiger partial charge is 0.497 e. The van der Waals surface area contributed by atoms with E-state index in [0.717, 1.165) is 0 Å². The standard InChI is InChI=1S/C31H41N3O8/c1-6-8-9-24(36)32-17-20(4)41-30(39)25-23-14-15-31(42-23)26(25)28(37)34(19(3)18-35)27(31)29(38)33(16-7-2)21-10-12-22(40-5)13-11-21/h6-7,10-13,19-20,23,25-27,35H,1-2,8-9,14-18H2,3-5H3,(H,32,36)/t19-,20+,23-,25+,26+,27-,31+/m1/s1. The summed E-state index contributed by atoms with van der Waals surface area (Å²) in [5.74, 6) is -2.82. The third kappa shape index (κ3) is 5.67. The number of nitrogens with zero attached hydrogens (tertiary/aromatic N) is 2. The van der Waals surface area contributed by atoms with Crippen LogP contribution in [0.15, 0.2) is 49.6 Å². The first-order chi connectivity index (χ1) is 20.1. The molecule has 3 fully saturated rings. The van der Waals surface area contributed by atoms with Crippen LogP contribution in [0.2, 0.25) is 0 Å². The number of allylic oxidation sites excluding steroid dienone is 1. The van der Waals surface area contributed by atoms with E-state index in [1.807, 2.05) is 0 Å². The van der Waals surface area contributed by atoms with E-state index < -0.39 is 53.6 Å². The van der Waals surface area contributed by atoms with Crippen LogP contribution in [0.3, 0.4) is 0 Å². The number of nitrogens with one attached hydrogen (secondary N) is 1. The van der Waals surface area contributed by atoms with Crippen molar-refractivity contribution in [2.24, 2.45) is 11.8 Å². The lowest BCUT2D eigenvalue weighted by molar-refractivity contribution is -0.159. The summed E-state index contributed by atoms with van der Waals surface area (Å²) in [6.07, 6.45) is 3.73. The monoisotopic (exact) mass is 583 g/mol. The first kappa shape index (κ1) is 31.2. The molecule has 11 nitrogen and oxygen atoms in total. The van der Waals surface area contributed by atoms with Crippen molar-refractivity contribution in [2.75, 3.05) is 31.7 Å². The maximum atomic E-state index is 14.4. The van der Waals surface area contributed by atoms with Gasteiger partial charge in [-0.3, -0.25) is 19.2 Å². The highest BCUT2D eigenvalue weighted by Gasteiger charge is 2.75. The number of amides is 3. The van der Waals surface area contributed by atoms with E-state index in [1.54, 1.807) is 57.4 Å². The van der Waals surface area contributed by atoms with Gasteiger partial charge in [0, 0.05) is 18.7 Å². The molecule has 0 aliphatic carbocycles. The molecule has 7 atom stereocenters. The number of hydrogen-bond donors (Lipinski definition) is 2. The molecule has 1 aromatic carbocycles. The average molecular weight is 584 g/mol. The molecule has 2 N–H and O–H groups in total. The molecule has 3 aliphatic heterocycles. The Kier molecular flexibility index (Phi) is 9.73. The zero-order valence-electron chi connectivity index (χ0n) is 24.5. The van der Waals surface area contributed by atoms with Crippen molar-refractivity contribution in [3.8, 4) is 5.75 Å². The number of fused-ring (bicyclic) bond motifs is 1. The Morgan fingerprint density at radius 1 is 1.24 bits per heavy atom. The smallest absolute Gasteiger partial charge is 0.312 e. The molecule has 0 radical (unpaired) electrons. The maximum Gasteiger partial charge on any atom is 0.312 e. The Balaban J connectivity index is 1.61. The van der Waals surface area contributed by atoms with Crippen LogP contribution < -0.4 is 15.0 Å². The number of benzene rings is 1.